The monoisotopic (exact) mass is 895 g/mol. The Kier molecular flexibility index (Phi) is 16.0. The summed E-state index contributed by atoms with van der Waals surface area (Å²) in [5.74, 6) is -0.717. The number of amides is 2. The van der Waals surface area contributed by atoms with E-state index in [-0.39, 0.29) is 29.9 Å². The van der Waals surface area contributed by atoms with Gasteiger partial charge in [-0.2, -0.15) is 4.98 Å². The Bertz CT molecular complexity index is 2290. The van der Waals surface area contributed by atoms with E-state index in [9.17, 15) is 19.1 Å². The average Bonchev–Trinajstić information content (AvgIpc) is 3.66. The summed E-state index contributed by atoms with van der Waals surface area (Å²) < 4.78 is 33.6. The first kappa shape index (κ1) is 45.8. The van der Waals surface area contributed by atoms with Gasteiger partial charge in [0, 0.05) is 92.4 Å². The number of carbonyl (C=O) groups excluding carboxylic acids is 2. The lowest BCUT2D eigenvalue weighted by Gasteiger charge is -2.34. The molecular weight excluding hydrogens is 837 g/mol. The fraction of sp³-hybridized carbons (Fsp3) is 0.469. The number of aryl methyl sites for hydroxylation is 1. The molecule has 3 aliphatic rings. The van der Waals surface area contributed by atoms with Crippen LogP contribution in [0.1, 0.15) is 73.6 Å². The number of imide groups is 1. The molecule has 1 saturated carbocycles. The second-order valence-corrected chi connectivity index (χ2v) is 17.6. The molecule has 3 N–H and O–H groups in total. The number of aliphatic hydroxyl groups excluding tert-OH is 1. The highest BCUT2D eigenvalue weighted by Crippen LogP contribution is 2.37. The average molecular weight is 897 g/mol. The van der Waals surface area contributed by atoms with E-state index in [0.29, 0.717) is 69.1 Å². The minimum absolute atomic E-state index is 0.191. The van der Waals surface area contributed by atoms with Crippen molar-refractivity contribution >= 4 is 46.1 Å². The van der Waals surface area contributed by atoms with E-state index < -0.39 is 5.82 Å². The van der Waals surface area contributed by atoms with Gasteiger partial charge in [-0.3, -0.25) is 24.7 Å². The first-order chi connectivity index (χ1) is 31.2. The molecule has 2 aromatic heterocycles. The van der Waals surface area contributed by atoms with Crippen molar-refractivity contribution in [1.29, 1.82) is 0 Å². The van der Waals surface area contributed by atoms with Gasteiger partial charge >= 0.3 is 0 Å². The third-order valence-corrected chi connectivity index (χ3v) is 12.8. The smallest absolute Gasteiger partial charge is 0.234 e. The molecule has 2 amide bonds. The molecule has 15 heteroatoms. The molecule has 0 bridgehead atoms. The van der Waals surface area contributed by atoms with Crippen LogP contribution in [-0.2, 0) is 36.8 Å². The lowest BCUT2D eigenvalue weighted by atomic mass is 9.90. The van der Waals surface area contributed by atoms with Gasteiger partial charge in [0.15, 0.2) is 0 Å². The van der Waals surface area contributed by atoms with Crippen molar-refractivity contribution in [2.45, 2.75) is 76.0 Å². The molecule has 64 heavy (non-hydrogen) atoms. The van der Waals surface area contributed by atoms with Gasteiger partial charge < -0.3 is 29.2 Å². The molecule has 2 aliphatic heterocycles. The van der Waals surface area contributed by atoms with Gasteiger partial charge in [0.25, 0.3) is 0 Å². The number of benzene rings is 3. The molecule has 0 spiro atoms. The highest BCUT2D eigenvalue weighted by molar-refractivity contribution is 6.30. The van der Waals surface area contributed by atoms with Gasteiger partial charge in [0.05, 0.1) is 45.1 Å². The normalized spacial score (nSPS) is 19.9. The number of piperazine rings is 1. The number of hydrogen-bond acceptors (Lipinski definition) is 11. The zero-order valence-electron chi connectivity index (χ0n) is 36.4. The van der Waals surface area contributed by atoms with Crippen LogP contribution in [0, 0.1) is 5.82 Å². The second-order valence-electron chi connectivity index (χ2n) is 17.1. The number of fused-ring (bicyclic) bond motifs is 1. The zero-order chi connectivity index (χ0) is 44.3. The van der Waals surface area contributed by atoms with Crippen LogP contribution in [0.5, 0.6) is 0 Å². The van der Waals surface area contributed by atoms with Gasteiger partial charge in [-0.1, -0.05) is 60.1 Å². The Balaban J connectivity index is 0.707. The summed E-state index contributed by atoms with van der Waals surface area (Å²) in [5, 5.41) is 17.0. The number of nitrogens with zero attached hydrogens (tertiary/aromatic N) is 5. The third kappa shape index (κ3) is 12.5. The number of piperidine rings is 1. The van der Waals surface area contributed by atoms with Crippen molar-refractivity contribution < 1.29 is 33.3 Å². The number of anilines is 2. The van der Waals surface area contributed by atoms with E-state index in [1.165, 1.54) is 23.3 Å². The maximum absolute atomic E-state index is 14.1. The van der Waals surface area contributed by atoms with Crippen LogP contribution in [0.25, 0.3) is 22.2 Å². The topological polar surface area (TPSA) is 143 Å². The van der Waals surface area contributed by atoms with Crippen LogP contribution in [0.3, 0.4) is 0 Å². The summed E-state index contributed by atoms with van der Waals surface area (Å²) in [6.45, 7) is 9.34. The lowest BCUT2D eigenvalue weighted by molar-refractivity contribution is -0.134. The molecule has 3 aromatic carbocycles. The highest BCUT2D eigenvalue weighted by atomic mass is 35.5. The molecule has 13 nitrogen and oxygen atoms in total. The Morgan fingerprint density at radius 1 is 0.812 bits per heavy atom. The SMILES string of the molecule is O=C1CCC(c2ccc(CCCOCCOCCOCCN3CCN(Cc4ccc(-c5cn(C6CCC(O)CC6)c6nc(Nc7cc(F)cc(Cl)c7)ncc56)cc4)CC3)cc2)C(=O)N1. The second kappa shape index (κ2) is 22.4. The lowest BCUT2D eigenvalue weighted by Crippen LogP contribution is -2.46. The fourth-order valence-corrected chi connectivity index (χ4v) is 9.17. The van der Waals surface area contributed by atoms with Crippen molar-refractivity contribution in [3.63, 3.8) is 0 Å². The van der Waals surface area contributed by atoms with E-state index in [1.54, 1.807) is 6.07 Å². The van der Waals surface area contributed by atoms with Crippen LogP contribution >= 0.6 is 11.6 Å². The number of ether oxygens (including phenoxy) is 3. The molecule has 3 fully saturated rings. The van der Waals surface area contributed by atoms with Crippen LogP contribution < -0.4 is 10.6 Å². The van der Waals surface area contributed by atoms with E-state index in [1.807, 2.05) is 18.3 Å². The summed E-state index contributed by atoms with van der Waals surface area (Å²) in [5.41, 5.74) is 6.85. The highest BCUT2D eigenvalue weighted by Gasteiger charge is 2.28. The van der Waals surface area contributed by atoms with Gasteiger partial charge in [0.1, 0.15) is 11.5 Å². The number of aliphatic hydroxyl groups is 1. The molecule has 0 radical (unpaired) electrons. The number of halogens is 2. The Morgan fingerprint density at radius 3 is 2.22 bits per heavy atom. The molecule has 1 aliphatic carbocycles. The van der Waals surface area contributed by atoms with Crippen LogP contribution in [0.15, 0.2) is 79.1 Å². The minimum atomic E-state index is -0.438. The summed E-state index contributed by atoms with van der Waals surface area (Å²) in [6, 6.07) is 21.4. The Morgan fingerprint density at radius 2 is 1.50 bits per heavy atom. The molecule has 340 valence electrons. The molecule has 4 heterocycles. The summed E-state index contributed by atoms with van der Waals surface area (Å²) >= 11 is 6.10. The van der Waals surface area contributed by atoms with Gasteiger partial charge in [0.2, 0.25) is 17.8 Å². The van der Waals surface area contributed by atoms with Crippen LogP contribution in [-0.4, -0.2) is 120 Å². The Labute approximate surface area is 379 Å². The van der Waals surface area contributed by atoms with E-state index in [2.05, 4.69) is 72.6 Å². The van der Waals surface area contributed by atoms with Crippen LogP contribution in [0.2, 0.25) is 5.02 Å². The first-order valence-corrected chi connectivity index (χ1v) is 23.1. The zero-order valence-corrected chi connectivity index (χ0v) is 37.1. The van der Waals surface area contributed by atoms with Crippen molar-refractivity contribution in [2.75, 3.05) is 77.7 Å². The van der Waals surface area contributed by atoms with Crippen molar-refractivity contribution in [3.05, 3.63) is 107 Å². The third-order valence-electron chi connectivity index (χ3n) is 12.6. The number of nitrogens with one attached hydrogen (secondary N) is 2. The van der Waals surface area contributed by atoms with E-state index in [0.717, 1.165) is 106 Å². The van der Waals surface area contributed by atoms with E-state index >= 15 is 0 Å². The number of rotatable bonds is 20. The first-order valence-electron chi connectivity index (χ1n) is 22.7. The molecule has 8 rings (SSSR count). The maximum Gasteiger partial charge on any atom is 0.234 e. The van der Waals surface area contributed by atoms with Crippen molar-refractivity contribution in [1.82, 2.24) is 29.7 Å². The minimum Gasteiger partial charge on any atom is -0.393 e. The molecular formula is C49H59ClFN7O6. The number of hydrogen-bond donors (Lipinski definition) is 3. The predicted molar refractivity (Wildman–Crippen MR) is 245 cm³/mol. The van der Waals surface area contributed by atoms with Gasteiger partial charge in [-0.15, -0.1) is 0 Å². The summed E-state index contributed by atoms with van der Waals surface area (Å²) in [4.78, 5) is 38.0. The molecule has 2 saturated heterocycles. The van der Waals surface area contributed by atoms with E-state index in [4.69, 9.17) is 30.8 Å². The van der Waals surface area contributed by atoms with Gasteiger partial charge in [-0.05, 0) is 85.4 Å². The van der Waals surface area contributed by atoms with Crippen molar-refractivity contribution in [2.24, 2.45) is 0 Å². The van der Waals surface area contributed by atoms with Crippen LogP contribution in [0.4, 0.5) is 16.0 Å². The summed E-state index contributed by atoms with van der Waals surface area (Å²) in [7, 11) is 0. The van der Waals surface area contributed by atoms with Gasteiger partial charge in [-0.25, -0.2) is 9.37 Å². The number of carbonyl (C=O) groups is 2. The quantitative estimate of drug-likeness (QED) is 0.0531. The molecule has 1 unspecified atom stereocenters. The fourth-order valence-electron chi connectivity index (χ4n) is 8.95. The van der Waals surface area contributed by atoms with Crippen molar-refractivity contribution in [3.8, 4) is 11.1 Å². The number of aromatic nitrogens is 3. The summed E-state index contributed by atoms with van der Waals surface area (Å²) in [6.07, 6.45) is 9.72. The predicted octanol–water partition coefficient (Wildman–Crippen LogP) is 7.43. The largest absolute Gasteiger partial charge is 0.393 e. The molecule has 1 atom stereocenters. The molecule has 5 aromatic rings. The maximum atomic E-state index is 14.1. The standard InChI is InChI=1S/C49H59ClFN7O6/c50-38-28-39(51)30-40(29-38)53-49-52-31-44-45(33-58(47(44)55-49)41-11-13-42(59)14-12-41)37-9-5-35(6-10-37)32-57-19-17-56(18-20-57)21-23-63-25-27-64-26-24-62-22-1-2-34-3-7-36(8-4-34)43-15-16-46(60)54-48(43)61/h3-10,28-31,33,41-43,59H,1-2,11-27,32H2,(H,52,53,55)(H,54,60,61). The Hall–Kier alpha value is -4.80.